The van der Waals surface area contributed by atoms with Gasteiger partial charge in [-0.1, -0.05) is 0 Å². The molecule has 1 heterocycles. The lowest BCUT2D eigenvalue weighted by molar-refractivity contribution is 0.0690. The third-order valence-electron chi connectivity index (χ3n) is 2.16. The van der Waals surface area contributed by atoms with Gasteiger partial charge in [-0.3, -0.25) is 0 Å². The van der Waals surface area contributed by atoms with Crippen molar-refractivity contribution in [1.29, 1.82) is 0 Å². The highest BCUT2D eigenvalue weighted by molar-refractivity contribution is 7.99. The molecule has 0 bridgehead atoms. The summed E-state index contributed by atoms with van der Waals surface area (Å²) in [5, 5.41) is 8.88. The van der Waals surface area contributed by atoms with Crippen molar-refractivity contribution < 1.29 is 22.7 Å². The number of nitrogens with zero attached hydrogens (tertiary/aromatic N) is 1. The molecule has 19 heavy (non-hydrogen) atoms. The number of aromatic nitrogens is 1. The van der Waals surface area contributed by atoms with Gasteiger partial charge < -0.3 is 9.52 Å². The number of hydrogen-bond donors (Lipinski definition) is 1. The quantitative estimate of drug-likeness (QED) is 0.921. The second kappa shape index (κ2) is 5.06. The van der Waals surface area contributed by atoms with E-state index in [-0.39, 0.29) is 15.8 Å². The first-order valence-corrected chi connectivity index (χ1v) is 7.74. The molecule has 0 aliphatic heterocycles. The van der Waals surface area contributed by atoms with Crippen molar-refractivity contribution in [3.05, 3.63) is 36.2 Å². The van der Waals surface area contributed by atoms with Crippen LogP contribution < -0.4 is 0 Å². The van der Waals surface area contributed by atoms with Crippen molar-refractivity contribution in [3.8, 4) is 0 Å². The van der Waals surface area contributed by atoms with E-state index < -0.39 is 15.8 Å². The second-order valence-electron chi connectivity index (χ2n) is 3.65. The standard InChI is InChI=1S/C11H9NO5S2/c1-19(15,16)8-4-2-7(3-5-8)18-11-12-9(6-17-11)10(13)14/h2-6H,1H3,(H,13,14). The molecule has 0 radical (unpaired) electrons. The first-order valence-electron chi connectivity index (χ1n) is 5.03. The Bertz CT molecular complexity index is 703. The molecule has 0 aliphatic rings. The molecule has 1 aromatic carbocycles. The summed E-state index contributed by atoms with van der Waals surface area (Å²) in [6.45, 7) is 0. The molecule has 0 saturated heterocycles. The summed E-state index contributed by atoms with van der Waals surface area (Å²) < 4.78 is 27.5. The number of hydrogen-bond acceptors (Lipinski definition) is 6. The molecule has 0 amide bonds. The molecule has 0 atom stereocenters. The van der Waals surface area contributed by atoms with Crippen molar-refractivity contribution in [1.82, 2.24) is 4.98 Å². The molecule has 0 spiro atoms. The largest absolute Gasteiger partial charge is 0.476 e. The van der Waals surface area contributed by atoms with E-state index in [1.807, 2.05) is 0 Å². The minimum absolute atomic E-state index is 0.171. The van der Waals surface area contributed by atoms with Crippen LogP contribution in [0.2, 0.25) is 0 Å². The number of carboxylic acids is 1. The number of benzene rings is 1. The summed E-state index contributed by atoms with van der Waals surface area (Å²) >= 11 is 1.11. The fourth-order valence-corrected chi connectivity index (χ4v) is 2.60. The van der Waals surface area contributed by atoms with Gasteiger partial charge in [-0.05, 0) is 36.0 Å². The number of aromatic carboxylic acids is 1. The highest BCUT2D eigenvalue weighted by Crippen LogP contribution is 2.27. The minimum atomic E-state index is -3.23. The maximum atomic E-state index is 11.3. The third kappa shape index (κ3) is 3.36. The lowest BCUT2D eigenvalue weighted by Gasteiger charge is -1.99. The van der Waals surface area contributed by atoms with Crippen LogP contribution >= 0.6 is 11.8 Å². The number of sulfone groups is 1. The van der Waals surface area contributed by atoms with Crippen LogP contribution in [-0.4, -0.2) is 30.7 Å². The molecule has 0 unspecified atom stereocenters. The van der Waals surface area contributed by atoms with Gasteiger partial charge in [0.15, 0.2) is 15.5 Å². The predicted molar refractivity (Wildman–Crippen MR) is 67.1 cm³/mol. The normalized spacial score (nSPS) is 11.4. The van der Waals surface area contributed by atoms with Gasteiger partial charge in [-0.25, -0.2) is 13.2 Å². The summed E-state index contributed by atoms with van der Waals surface area (Å²) in [4.78, 5) is 15.3. The number of rotatable bonds is 4. The summed E-state index contributed by atoms with van der Waals surface area (Å²) in [7, 11) is -3.23. The SMILES string of the molecule is CS(=O)(=O)c1ccc(Sc2nc(C(=O)O)co2)cc1. The van der Waals surface area contributed by atoms with Crippen LogP contribution in [-0.2, 0) is 9.84 Å². The van der Waals surface area contributed by atoms with Crippen LogP contribution in [0.15, 0.2) is 50.0 Å². The van der Waals surface area contributed by atoms with E-state index in [9.17, 15) is 13.2 Å². The van der Waals surface area contributed by atoms with E-state index in [4.69, 9.17) is 9.52 Å². The molecular weight excluding hydrogens is 290 g/mol. The average Bonchev–Trinajstić information content (AvgIpc) is 2.77. The van der Waals surface area contributed by atoms with Gasteiger partial charge in [0, 0.05) is 11.2 Å². The van der Waals surface area contributed by atoms with E-state index in [2.05, 4.69) is 4.98 Å². The fourth-order valence-electron chi connectivity index (χ4n) is 1.26. The molecule has 100 valence electrons. The van der Waals surface area contributed by atoms with Crippen molar-refractivity contribution in [2.75, 3.05) is 6.26 Å². The average molecular weight is 299 g/mol. The Morgan fingerprint density at radius 1 is 1.32 bits per heavy atom. The lowest BCUT2D eigenvalue weighted by atomic mass is 10.4. The van der Waals surface area contributed by atoms with Crippen molar-refractivity contribution in [2.45, 2.75) is 15.0 Å². The van der Waals surface area contributed by atoms with Crippen LogP contribution in [0.1, 0.15) is 10.5 Å². The molecule has 6 nitrogen and oxygen atoms in total. The lowest BCUT2D eigenvalue weighted by Crippen LogP contribution is -1.96. The zero-order chi connectivity index (χ0) is 14.0. The number of carbonyl (C=O) groups is 1. The Kier molecular flexibility index (Phi) is 3.63. The van der Waals surface area contributed by atoms with Crippen molar-refractivity contribution >= 4 is 27.6 Å². The Hall–Kier alpha value is -1.80. The van der Waals surface area contributed by atoms with Crippen LogP contribution in [0.4, 0.5) is 0 Å². The van der Waals surface area contributed by atoms with E-state index in [1.165, 1.54) is 12.1 Å². The van der Waals surface area contributed by atoms with Gasteiger partial charge in [0.1, 0.15) is 6.26 Å². The Labute approximate surface area is 113 Å². The van der Waals surface area contributed by atoms with E-state index in [0.29, 0.717) is 4.90 Å². The second-order valence-corrected chi connectivity index (χ2v) is 6.69. The van der Waals surface area contributed by atoms with Crippen molar-refractivity contribution in [3.63, 3.8) is 0 Å². The molecule has 1 N–H and O–H groups in total. The highest BCUT2D eigenvalue weighted by Gasteiger charge is 2.12. The van der Waals surface area contributed by atoms with Gasteiger partial charge in [0.2, 0.25) is 0 Å². The Balaban J connectivity index is 2.17. The summed E-state index contributed by atoms with van der Waals surface area (Å²) in [5.41, 5.74) is -0.171. The third-order valence-corrected chi connectivity index (χ3v) is 4.16. The highest BCUT2D eigenvalue weighted by atomic mass is 32.2. The predicted octanol–water partition coefficient (Wildman–Crippen LogP) is 1.93. The maximum absolute atomic E-state index is 11.3. The van der Waals surface area contributed by atoms with Gasteiger partial charge in [0.05, 0.1) is 4.90 Å². The molecule has 0 aliphatic carbocycles. The first kappa shape index (κ1) is 13.6. The smallest absolute Gasteiger partial charge is 0.357 e. The molecule has 2 aromatic rings. The fraction of sp³-hybridized carbons (Fsp3) is 0.0909. The topological polar surface area (TPSA) is 97.5 Å². The van der Waals surface area contributed by atoms with E-state index in [0.717, 1.165) is 24.3 Å². The Morgan fingerprint density at radius 3 is 2.42 bits per heavy atom. The first-order chi connectivity index (χ1) is 8.86. The molecule has 0 fully saturated rings. The van der Waals surface area contributed by atoms with Gasteiger partial charge in [-0.2, -0.15) is 4.98 Å². The monoisotopic (exact) mass is 299 g/mol. The van der Waals surface area contributed by atoms with Crippen LogP contribution in [0.5, 0.6) is 0 Å². The molecule has 8 heteroatoms. The van der Waals surface area contributed by atoms with Crippen LogP contribution in [0, 0.1) is 0 Å². The summed E-state index contributed by atoms with van der Waals surface area (Å²) in [6, 6.07) is 6.15. The molecule has 2 rings (SSSR count). The molecule has 1 aromatic heterocycles. The number of oxazole rings is 1. The molecule has 0 saturated carbocycles. The number of carboxylic acid groups (broad SMARTS) is 1. The van der Waals surface area contributed by atoms with Crippen LogP contribution in [0.25, 0.3) is 0 Å². The zero-order valence-corrected chi connectivity index (χ0v) is 11.4. The maximum Gasteiger partial charge on any atom is 0.357 e. The van der Waals surface area contributed by atoms with E-state index >= 15 is 0 Å². The zero-order valence-electron chi connectivity index (χ0n) is 9.73. The summed E-state index contributed by atoms with van der Waals surface area (Å²) in [6.07, 6.45) is 2.18. The van der Waals surface area contributed by atoms with Gasteiger partial charge >= 0.3 is 5.97 Å². The van der Waals surface area contributed by atoms with Gasteiger partial charge in [0.25, 0.3) is 5.22 Å². The summed E-state index contributed by atoms with van der Waals surface area (Å²) in [5.74, 6) is -1.16. The van der Waals surface area contributed by atoms with Crippen LogP contribution in [0.3, 0.4) is 0 Å². The minimum Gasteiger partial charge on any atom is -0.476 e. The van der Waals surface area contributed by atoms with Crippen molar-refractivity contribution in [2.24, 2.45) is 0 Å². The van der Waals surface area contributed by atoms with E-state index in [1.54, 1.807) is 12.1 Å². The van der Waals surface area contributed by atoms with Gasteiger partial charge in [-0.15, -0.1) is 0 Å². The molecular formula is C11H9NO5S2. The Morgan fingerprint density at radius 2 is 1.95 bits per heavy atom.